The summed E-state index contributed by atoms with van der Waals surface area (Å²) in [5.74, 6) is 1.60. The van der Waals surface area contributed by atoms with Gasteiger partial charge in [-0.2, -0.15) is 0 Å². The van der Waals surface area contributed by atoms with Crippen LogP contribution in [0.1, 0.15) is 5.56 Å². The Bertz CT molecular complexity index is 507. The molecule has 1 aliphatic heterocycles. The highest BCUT2D eigenvalue weighted by molar-refractivity contribution is 5.50. The molecule has 84 valence electrons. The summed E-state index contributed by atoms with van der Waals surface area (Å²) < 4.78 is 11.2. The second kappa shape index (κ2) is 4.34. The minimum atomic E-state index is -0.326. The average Bonchev–Trinajstić information content (AvgIpc) is 2.80. The molecule has 0 aliphatic carbocycles. The van der Waals surface area contributed by atoms with Crippen LogP contribution in [0.2, 0.25) is 0 Å². The SMILES string of the molecule is C(=CC1Oc2ccccc2O1)c1ccccc1. The third-order valence-corrected chi connectivity index (χ3v) is 2.58. The van der Waals surface area contributed by atoms with E-state index in [1.807, 2.05) is 66.7 Å². The molecule has 0 spiro atoms. The number of rotatable bonds is 2. The first kappa shape index (κ1) is 9.97. The Morgan fingerprint density at radius 1 is 0.765 bits per heavy atom. The molecule has 1 aliphatic rings. The number of para-hydroxylation sites is 2. The highest BCUT2D eigenvalue weighted by atomic mass is 16.7. The maximum absolute atomic E-state index is 5.62. The van der Waals surface area contributed by atoms with Gasteiger partial charge in [0.25, 0.3) is 6.29 Å². The van der Waals surface area contributed by atoms with Gasteiger partial charge in [-0.05, 0) is 23.8 Å². The van der Waals surface area contributed by atoms with Crippen LogP contribution in [0.3, 0.4) is 0 Å². The first-order chi connectivity index (χ1) is 8.42. The van der Waals surface area contributed by atoms with Gasteiger partial charge in [0.1, 0.15) is 0 Å². The summed E-state index contributed by atoms with van der Waals surface area (Å²) in [5, 5.41) is 0. The van der Waals surface area contributed by atoms with Crippen LogP contribution in [0.5, 0.6) is 11.5 Å². The van der Waals surface area contributed by atoms with Crippen LogP contribution in [0.15, 0.2) is 60.7 Å². The van der Waals surface area contributed by atoms with Crippen LogP contribution in [0.4, 0.5) is 0 Å². The third-order valence-electron chi connectivity index (χ3n) is 2.58. The molecule has 2 nitrogen and oxygen atoms in total. The van der Waals surface area contributed by atoms with Gasteiger partial charge in [0, 0.05) is 0 Å². The van der Waals surface area contributed by atoms with Gasteiger partial charge in [-0.1, -0.05) is 48.5 Å². The predicted octanol–water partition coefficient (Wildman–Crippen LogP) is 3.50. The van der Waals surface area contributed by atoms with Crippen LogP contribution in [-0.2, 0) is 0 Å². The Kier molecular flexibility index (Phi) is 2.54. The summed E-state index contributed by atoms with van der Waals surface area (Å²) in [5.41, 5.74) is 1.13. The molecule has 0 bridgehead atoms. The molecular weight excluding hydrogens is 212 g/mol. The molecule has 2 heteroatoms. The zero-order valence-corrected chi connectivity index (χ0v) is 9.24. The van der Waals surface area contributed by atoms with E-state index in [-0.39, 0.29) is 6.29 Å². The Morgan fingerprint density at radius 3 is 2.00 bits per heavy atom. The fourth-order valence-electron chi connectivity index (χ4n) is 1.75. The minimum absolute atomic E-state index is 0.326. The fraction of sp³-hybridized carbons (Fsp3) is 0.0667. The quantitative estimate of drug-likeness (QED) is 0.777. The lowest BCUT2D eigenvalue weighted by atomic mass is 10.2. The van der Waals surface area contributed by atoms with E-state index in [9.17, 15) is 0 Å². The molecule has 0 saturated heterocycles. The lowest BCUT2D eigenvalue weighted by Gasteiger charge is -2.03. The summed E-state index contributed by atoms with van der Waals surface area (Å²) >= 11 is 0. The van der Waals surface area contributed by atoms with Gasteiger partial charge in [-0.25, -0.2) is 0 Å². The summed E-state index contributed by atoms with van der Waals surface area (Å²) in [6.07, 6.45) is 3.58. The molecule has 2 aromatic carbocycles. The number of hydrogen-bond donors (Lipinski definition) is 0. The molecule has 0 fully saturated rings. The summed E-state index contributed by atoms with van der Waals surface area (Å²) in [6, 6.07) is 17.8. The predicted molar refractivity (Wildman–Crippen MR) is 67.0 cm³/mol. The molecule has 3 rings (SSSR count). The maximum atomic E-state index is 5.62. The van der Waals surface area contributed by atoms with E-state index >= 15 is 0 Å². The van der Waals surface area contributed by atoms with Crippen LogP contribution in [-0.4, -0.2) is 6.29 Å². The van der Waals surface area contributed by atoms with Crippen molar-refractivity contribution < 1.29 is 9.47 Å². The molecule has 0 saturated carbocycles. The molecule has 2 aromatic rings. The van der Waals surface area contributed by atoms with Crippen LogP contribution < -0.4 is 9.47 Å². The van der Waals surface area contributed by atoms with Gasteiger partial charge in [0.05, 0.1) is 0 Å². The zero-order chi connectivity index (χ0) is 11.5. The number of ether oxygens (including phenoxy) is 2. The highest BCUT2D eigenvalue weighted by Gasteiger charge is 2.20. The molecule has 17 heavy (non-hydrogen) atoms. The second-order valence-corrected chi connectivity index (χ2v) is 3.82. The van der Waals surface area contributed by atoms with Crippen molar-refractivity contribution in [2.75, 3.05) is 0 Å². The van der Waals surface area contributed by atoms with E-state index in [1.54, 1.807) is 0 Å². The van der Waals surface area contributed by atoms with Crippen molar-refractivity contribution in [3.8, 4) is 11.5 Å². The molecule has 0 atom stereocenters. The topological polar surface area (TPSA) is 18.5 Å². The van der Waals surface area contributed by atoms with Crippen LogP contribution >= 0.6 is 0 Å². The molecule has 0 aromatic heterocycles. The summed E-state index contributed by atoms with van der Waals surface area (Å²) in [7, 11) is 0. The first-order valence-electron chi connectivity index (χ1n) is 5.57. The van der Waals surface area contributed by atoms with Crippen LogP contribution in [0, 0.1) is 0 Å². The van der Waals surface area contributed by atoms with Gasteiger partial charge in [-0.3, -0.25) is 0 Å². The molecule has 0 amide bonds. The van der Waals surface area contributed by atoms with Crippen molar-refractivity contribution in [3.63, 3.8) is 0 Å². The monoisotopic (exact) mass is 224 g/mol. The van der Waals surface area contributed by atoms with Crippen molar-refractivity contribution in [2.45, 2.75) is 6.29 Å². The van der Waals surface area contributed by atoms with E-state index in [2.05, 4.69) is 0 Å². The fourth-order valence-corrected chi connectivity index (χ4v) is 1.75. The Hall–Kier alpha value is -2.22. The van der Waals surface area contributed by atoms with Gasteiger partial charge in [0.15, 0.2) is 11.5 Å². The second-order valence-electron chi connectivity index (χ2n) is 3.82. The van der Waals surface area contributed by atoms with Crippen molar-refractivity contribution in [3.05, 3.63) is 66.2 Å². The van der Waals surface area contributed by atoms with E-state index in [0.29, 0.717) is 0 Å². The summed E-state index contributed by atoms with van der Waals surface area (Å²) in [6.45, 7) is 0. The van der Waals surface area contributed by atoms with Crippen molar-refractivity contribution >= 4 is 6.08 Å². The average molecular weight is 224 g/mol. The zero-order valence-electron chi connectivity index (χ0n) is 9.24. The van der Waals surface area contributed by atoms with Crippen LogP contribution in [0.25, 0.3) is 6.08 Å². The van der Waals surface area contributed by atoms with Gasteiger partial charge < -0.3 is 9.47 Å². The minimum Gasteiger partial charge on any atom is -0.447 e. The smallest absolute Gasteiger partial charge is 0.261 e. The molecule has 0 radical (unpaired) electrons. The Balaban J connectivity index is 1.72. The van der Waals surface area contributed by atoms with E-state index in [0.717, 1.165) is 17.1 Å². The maximum Gasteiger partial charge on any atom is 0.261 e. The Morgan fingerprint density at radius 2 is 1.35 bits per heavy atom. The van der Waals surface area contributed by atoms with Crippen molar-refractivity contribution in [1.29, 1.82) is 0 Å². The molecule has 1 heterocycles. The van der Waals surface area contributed by atoms with Crippen molar-refractivity contribution in [2.24, 2.45) is 0 Å². The highest BCUT2D eigenvalue weighted by Crippen LogP contribution is 2.34. The molecule has 0 N–H and O–H groups in total. The number of fused-ring (bicyclic) bond motifs is 1. The normalized spacial score (nSPS) is 14.4. The van der Waals surface area contributed by atoms with Gasteiger partial charge in [0.2, 0.25) is 0 Å². The number of benzene rings is 2. The lowest BCUT2D eigenvalue weighted by molar-refractivity contribution is 0.0959. The van der Waals surface area contributed by atoms with Gasteiger partial charge in [-0.15, -0.1) is 0 Å². The van der Waals surface area contributed by atoms with Gasteiger partial charge >= 0.3 is 0 Å². The van der Waals surface area contributed by atoms with E-state index in [4.69, 9.17) is 9.47 Å². The largest absolute Gasteiger partial charge is 0.447 e. The molecule has 0 unspecified atom stereocenters. The number of hydrogen-bond acceptors (Lipinski definition) is 2. The Labute approximate surface area is 100 Å². The third kappa shape index (κ3) is 2.16. The first-order valence-corrected chi connectivity index (χ1v) is 5.57. The van der Waals surface area contributed by atoms with E-state index in [1.165, 1.54) is 0 Å². The van der Waals surface area contributed by atoms with Crippen molar-refractivity contribution in [1.82, 2.24) is 0 Å². The standard InChI is InChI=1S/C15H12O2/c1-2-6-12(7-3-1)10-11-15-16-13-8-4-5-9-14(13)17-15/h1-11,15H. The van der Waals surface area contributed by atoms with E-state index < -0.39 is 0 Å². The summed E-state index contributed by atoms with van der Waals surface area (Å²) in [4.78, 5) is 0. The molecular formula is C15H12O2. The lowest BCUT2D eigenvalue weighted by Crippen LogP contribution is -2.13.